The van der Waals surface area contributed by atoms with Crippen molar-refractivity contribution < 1.29 is 9.47 Å². The van der Waals surface area contributed by atoms with Gasteiger partial charge in [0.25, 0.3) is 0 Å². The molecule has 0 heterocycles. The van der Waals surface area contributed by atoms with Gasteiger partial charge in [-0.05, 0) is 19.1 Å². The van der Waals surface area contributed by atoms with E-state index in [2.05, 4.69) is 15.9 Å². The zero-order valence-electron chi connectivity index (χ0n) is 9.63. The molecule has 0 saturated heterocycles. The maximum absolute atomic E-state index is 6.07. The quantitative estimate of drug-likeness (QED) is 0.693. The van der Waals surface area contributed by atoms with Crippen molar-refractivity contribution in [3.8, 4) is 5.75 Å². The van der Waals surface area contributed by atoms with Gasteiger partial charge in [0, 0.05) is 22.9 Å². The van der Waals surface area contributed by atoms with E-state index in [-0.39, 0.29) is 12.2 Å². The molecular formula is C12H12BrCl3O2. The molecule has 18 heavy (non-hydrogen) atoms. The highest BCUT2D eigenvalue weighted by atomic mass is 79.9. The lowest BCUT2D eigenvalue weighted by atomic mass is 9.91. The molecule has 2 nitrogen and oxygen atoms in total. The highest BCUT2D eigenvalue weighted by Gasteiger charge is 2.42. The molecule has 1 aromatic carbocycles. The topological polar surface area (TPSA) is 18.5 Å². The van der Waals surface area contributed by atoms with Gasteiger partial charge in [-0.25, -0.2) is 0 Å². The average Bonchev–Trinajstić information content (AvgIpc) is 2.29. The van der Waals surface area contributed by atoms with Gasteiger partial charge in [-0.1, -0.05) is 50.7 Å². The van der Waals surface area contributed by atoms with Gasteiger partial charge in [0.1, 0.15) is 12.2 Å². The first-order valence-corrected chi connectivity index (χ1v) is 7.64. The van der Waals surface area contributed by atoms with Gasteiger partial charge < -0.3 is 9.47 Å². The van der Waals surface area contributed by atoms with E-state index >= 15 is 0 Å². The van der Waals surface area contributed by atoms with Crippen molar-refractivity contribution in [2.45, 2.75) is 30.4 Å². The zero-order chi connectivity index (χ0) is 13.3. The molecule has 1 aliphatic carbocycles. The van der Waals surface area contributed by atoms with Crippen LogP contribution in [0.5, 0.6) is 5.75 Å². The first-order valence-electron chi connectivity index (χ1n) is 5.59. The van der Waals surface area contributed by atoms with Gasteiger partial charge in [-0.15, -0.1) is 0 Å². The molecule has 1 saturated carbocycles. The van der Waals surface area contributed by atoms with Crippen LogP contribution in [-0.2, 0) is 4.74 Å². The summed E-state index contributed by atoms with van der Waals surface area (Å²) in [7, 11) is 0. The maximum atomic E-state index is 6.07. The molecule has 1 aliphatic rings. The minimum absolute atomic E-state index is 0.0258. The molecule has 6 heteroatoms. The molecule has 2 rings (SSSR count). The standard InChI is InChI=1S/C12H12BrCl3O2/c1-2-17-11-7(13)5-10(11)18-12-8(15)3-6(14)4-9(12)16/h3-4,7,10-11H,2,5H2,1H3. The minimum atomic E-state index is -0.0366. The molecule has 3 unspecified atom stereocenters. The summed E-state index contributed by atoms with van der Waals surface area (Å²) in [6, 6.07) is 3.23. The van der Waals surface area contributed by atoms with Gasteiger partial charge in [0.05, 0.1) is 10.0 Å². The first-order chi connectivity index (χ1) is 8.52. The Morgan fingerprint density at radius 2 is 1.89 bits per heavy atom. The fourth-order valence-corrected chi connectivity index (χ4v) is 3.61. The van der Waals surface area contributed by atoms with E-state index in [1.54, 1.807) is 12.1 Å². The molecule has 0 spiro atoms. The van der Waals surface area contributed by atoms with E-state index in [4.69, 9.17) is 44.3 Å². The maximum Gasteiger partial charge on any atom is 0.157 e. The summed E-state index contributed by atoms with van der Waals surface area (Å²) in [6.07, 6.45) is 0.850. The fourth-order valence-electron chi connectivity index (χ4n) is 1.84. The molecule has 1 fully saturated rings. The molecule has 0 aromatic heterocycles. The lowest BCUT2D eigenvalue weighted by molar-refractivity contribution is -0.0722. The van der Waals surface area contributed by atoms with Crippen molar-refractivity contribution in [2.75, 3.05) is 6.61 Å². The minimum Gasteiger partial charge on any atom is -0.484 e. The number of hydrogen-bond donors (Lipinski definition) is 0. The van der Waals surface area contributed by atoms with E-state index in [0.29, 0.717) is 32.3 Å². The summed E-state index contributed by atoms with van der Waals surface area (Å²) < 4.78 is 11.4. The third kappa shape index (κ3) is 3.07. The molecule has 1 aromatic rings. The number of halogens is 4. The van der Waals surface area contributed by atoms with E-state index in [9.17, 15) is 0 Å². The second kappa shape index (κ2) is 6.19. The second-order valence-corrected chi connectivity index (χ2v) is 6.45. The zero-order valence-corrected chi connectivity index (χ0v) is 13.5. The molecule has 0 bridgehead atoms. The summed E-state index contributed by atoms with van der Waals surface area (Å²) in [5.74, 6) is 0.469. The number of benzene rings is 1. The lowest BCUT2D eigenvalue weighted by Crippen LogP contribution is -2.52. The normalized spacial score (nSPS) is 26.8. The predicted octanol–water partition coefficient (Wildman–Crippen LogP) is 4.97. The summed E-state index contributed by atoms with van der Waals surface area (Å²) >= 11 is 21.5. The van der Waals surface area contributed by atoms with E-state index in [0.717, 1.165) is 6.42 Å². The van der Waals surface area contributed by atoms with Gasteiger partial charge in [-0.3, -0.25) is 0 Å². The molecule has 0 radical (unpaired) electrons. The van der Waals surface area contributed by atoms with E-state index in [1.807, 2.05) is 6.92 Å². The summed E-state index contributed by atoms with van der Waals surface area (Å²) in [5, 5.41) is 1.33. The number of alkyl halides is 1. The highest BCUT2D eigenvalue weighted by molar-refractivity contribution is 9.09. The van der Waals surface area contributed by atoms with Crippen molar-refractivity contribution >= 4 is 50.7 Å². The summed E-state index contributed by atoms with van der Waals surface area (Å²) in [5.41, 5.74) is 0. The molecule has 0 aliphatic heterocycles. The first kappa shape index (κ1) is 14.7. The van der Waals surface area contributed by atoms with Gasteiger partial charge in [0.2, 0.25) is 0 Å². The average molecular weight is 374 g/mol. The van der Waals surface area contributed by atoms with Crippen LogP contribution in [-0.4, -0.2) is 23.6 Å². The molecule has 0 N–H and O–H groups in total. The Kier molecular flexibility index (Phi) is 5.06. The fraction of sp³-hybridized carbons (Fsp3) is 0.500. The van der Waals surface area contributed by atoms with Crippen molar-refractivity contribution in [3.63, 3.8) is 0 Å². The van der Waals surface area contributed by atoms with Crippen LogP contribution in [0.4, 0.5) is 0 Å². The van der Waals surface area contributed by atoms with Crippen molar-refractivity contribution in [3.05, 3.63) is 27.2 Å². The Bertz CT molecular complexity index is 418. The van der Waals surface area contributed by atoms with Gasteiger partial charge in [-0.2, -0.15) is 0 Å². The Morgan fingerprint density at radius 3 is 2.39 bits per heavy atom. The molecule has 3 atom stereocenters. The monoisotopic (exact) mass is 372 g/mol. The van der Waals surface area contributed by atoms with Crippen LogP contribution in [0.2, 0.25) is 15.1 Å². The Balaban J connectivity index is 2.10. The molecule has 100 valence electrons. The Morgan fingerprint density at radius 1 is 1.28 bits per heavy atom. The lowest BCUT2D eigenvalue weighted by Gasteiger charge is -2.41. The van der Waals surface area contributed by atoms with Crippen LogP contribution in [0.25, 0.3) is 0 Å². The van der Waals surface area contributed by atoms with Gasteiger partial charge >= 0.3 is 0 Å². The third-order valence-corrected chi connectivity index (χ3v) is 4.45. The third-order valence-electron chi connectivity index (χ3n) is 2.77. The Hall–Kier alpha value is 0.330. The second-order valence-electron chi connectivity index (χ2n) is 4.03. The van der Waals surface area contributed by atoms with Crippen LogP contribution < -0.4 is 4.74 Å². The molecule has 0 amide bonds. The largest absolute Gasteiger partial charge is 0.484 e. The van der Waals surface area contributed by atoms with E-state index in [1.165, 1.54) is 0 Å². The SMILES string of the molecule is CCOC1C(Br)CC1Oc1c(Cl)cc(Cl)cc1Cl. The van der Waals surface area contributed by atoms with Crippen LogP contribution in [0.15, 0.2) is 12.1 Å². The summed E-state index contributed by atoms with van der Waals surface area (Å²) in [6.45, 7) is 2.60. The van der Waals surface area contributed by atoms with Crippen LogP contribution in [0.1, 0.15) is 13.3 Å². The number of ether oxygens (including phenoxy) is 2. The van der Waals surface area contributed by atoms with Crippen molar-refractivity contribution in [2.24, 2.45) is 0 Å². The van der Waals surface area contributed by atoms with Crippen LogP contribution in [0.3, 0.4) is 0 Å². The van der Waals surface area contributed by atoms with Crippen LogP contribution >= 0.6 is 50.7 Å². The number of hydrogen-bond acceptors (Lipinski definition) is 2. The predicted molar refractivity (Wildman–Crippen MR) is 78.6 cm³/mol. The smallest absolute Gasteiger partial charge is 0.157 e. The van der Waals surface area contributed by atoms with Crippen molar-refractivity contribution in [1.82, 2.24) is 0 Å². The van der Waals surface area contributed by atoms with Gasteiger partial charge in [0.15, 0.2) is 5.75 Å². The number of rotatable bonds is 4. The van der Waals surface area contributed by atoms with Crippen molar-refractivity contribution in [1.29, 1.82) is 0 Å². The van der Waals surface area contributed by atoms with Crippen LogP contribution in [0, 0.1) is 0 Å². The Labute approximate surface area is 130 Å². The van der Waals surface area contributed by atoms with E-state index < -0.39 is 0 Å². The summed E-state index contributed by atoms with van der Waals surface area (Å²) in [4.78, 5) is 0.312. The highest BCUT2D eigenvalue weighted by Crippen LogP contribution is 2.40. The molecular weight excluding hydrogens is 362 g/mol.